The molecule has 0 unspecified atom stereocenters. The number of carbonyl (C=O) groups excluding carboxylic acids is 1. The van der Waals surface area contributed by atoms with E-state index in [1.165, 1.54) is 13.2 Å². The number of hydrogen-bond acceptors (Lipinski definition) is 7. The van der Waals surface area contributed by atoms with Crippen LogP contribution in [-0.2, 0) is 26.1 Å². The number of hydrogen-bond donors (Lipinski definition) is 1. The predicted octanol–water partition coefficient (Wildman–Crippen LogP) is 1.95. The number of benzene rings is 1. The first-order valence-electron chi connectivity index (χ1n) is 12.0. The SMILES string of the molecule is COc1cc(CN2CCc3c(C(=O)NCCCn4ccnc4)c(OC)cc(=O)n3CC2)cc(OC)c1. The van der Waals surface area contributed by atoms with Crippen LogP contribution in [0.15, 0.2) is 47.8 Å². The van der Waals surface area contributed by atoms with Crippen molar-refractivity contribution in [1.29, 1.82) is 0 Å². The topological polar surface area (TPSA) is 99.9 Å². The van der Waals surface area contributed by atoms with Crippen LogP contribution in [0.1, 0.15) is 28.0 Å². The van der Waals surface area contributed by atoms with Gasteiger partial charge in [-0.1, -0.05) is 0 Å². The summed E-state index contributed by atoms with van der Waals surface area (Å²) >= 11 is 0. The van der Waals surface area contributed by atoms with E-state index in [9.17, 15) is 9.59 Å². The van der Waals surface area contributed by atoms with Gasteiger partial charge in [0.2, 0.25) is 0 Å². The van der Waals surface area contributed by atoms with Crippen molar-refractivity contribution >= 4 is 5.91 Å². The molecule has 1 amide bonds. The average Bonchev–Trinajstić information content (AvgIpc) is 3.33. The van der Waals surface area contributed by atoms with Crippen LogP contribution < -0.4 is 25.1 Å². The van der Waals surface area contributed by atoms with Gasteiger partial charge < -0.3 is 28.7 Å². The highest BCUT2D eigenvalue weighted by Gasteiger charge is 2.25. The molecule has 0 atom stereocenters. The Kier molecular flexibility index (Phi) is 8.27. The maximum absolute atomic E-state index is 13.2. The first kappa shape index (κ1) is 25.3. The Bertz CT molecular complexity index is 1220. The second kappa shape index (κ2) is 11.8. The van der Waals surface area contributed by atoms with Crippen LogP contribution in [0.25, 0.3) is 0 Å². The fraction of sp³-hybridized carbons (Fsp3) is 0.423. The Morgan fingerprint density at radius 2 is 1.81 bits per heavy atom. The summed E-state index contributed by atoms with van der Waals surface area (Å²) < 4.78 is 19.9. The van der Waals surface area contributed by atoms with E-state index in [0.29, 0.717) is 56.2 Å². The standard InChI is InChI=1S/C26H33N5O5/c1-34-20-13-19(14-21(15-20)35-2)17-29-9-5-22-25(23(36-3)16-24(32)31(22)12-11-29)26(33)28-6-4-8-30-10-7-27-18-30/h7,10,13-16,18H,4-6,8-9,11-12,17H2,1-3H3,(H,28,33). The van der Waals surface area contributed by atoms with Gasteiger partial charge in [0.25, 0.3) is 11.5 Å². The maximum Gasteiger partial charge on any atom is 0.256 e. The largest absolute Gasteiger partial charge is 0.497 e. The lowest BCUT2D eigenvalue weighted by Crippen LogP contribution is -2.32. The van der Waals surface area contributed by atoms with Crippen molar-refractivity contribution in [2.75, 3.05) is 41.0 Å². The zero-order chi connectivity index (χ0) is 25.5. The molecule has 0 fully saturated rings. The van der Waals surface area contributed by atoms with Gasteiger partial charge in [0.05, 0.1) is 27.7 Å². The molecule has 0 spiro atoms. The second-order valence-electron chi connectivity index (χ2n) is 8.68. The number of nitrogens with zero attached hydrogens (tertiary/aromatic N) is 4. The predicted molar refractivity (Wildman–Crippen MR) is 135 cm³/mol. The van der Waals surface area contributed by atoms with Crippen LogP contribution in [-0.4, -0.2) is 65.9 Å². The Labute approximate surface area is 210 Å². The fourth-order valence-corrected chi connectivity index (χ4v) is 4.54. The highest BCUT2D eigenvalue weighted by molar-refractivity contribution is 5.98. The molecule has 0 saturated carbocycles. The monoisotopic (exact) mass is 495 g/mol. The molecule has 4 rings (SSSR count). The number of aromatic nitrogens is 3. The molecular formula is C26H33N5O5. The Balaban J connectivity index is 1.49. The zero-order valence-corrected chi connectivity index (χ0v) is 21.0. The van der Waals surface area contributed by atoms with Gasteiger partial charge in [0.15, 0.2) is 0 Å². The lowest BCUT2D eigenvalue weighted by Gasteiger charge is -2.20. The molecule has 0 aliphatic carbocycles. The summed E-state index contributed by atoms with van der Waals surface area (Å²) in [7, 11) is 4.75. The van der Waals surface area contributed by atoms with Crippen molar-refractivity contribution in [2.24, 2.45) is 0 Å². The minimum atomic E-state index is -0.229. The second-order valence-corrected chi connectivity index (χ2v) is 8.68. The third-order valence-electron chi connectivity index (χ3n) is 6.39. The van der Waals surface area contributed by atoms with Crippen molar-refractivity contribution in [3.63, 3.8) is 0 Å². The quantitative estimate of drug-likeness (QED) is 0.429. The lowest BCUT2D eigenvalue weighted by molar-refractivity contribution is 0.0947. The number of imidazole rings is 1. The van der Waals surface area contributed by atoms with Crippen molar-refractivity contribution in [2.45, 2.75) is 32.5 Å². The number of nitrogens with one attached hydrogen (secondary N) is 1. The molecule has 1 N–H and O–H groups in total. The molecule has 36 heavy (non-hydrogen) atoms. The van der Waals surface area contributed by atoms with Crippen LogP contribution in [0.2, 0.25) is 0 Å². The highest BCUT2D eigenvalue weighted by atomic mass is 16.5. The van der Waals surface area contributed by atoms with E-state index in [1.54, 1.807) is 31.3 Å². The van der Waals surface area contributed by atoms with E-state index in [0.717, 1.165) is 30.0 Å². The third kappa shape index (κ3) is 5.88. The lowest BCUT2D eigenvalue weighted by atomic mass is 10.1. The number of amides is 1. The summed E-state index contributed by atoms with van der Waals surface area (Å²) in [5, 5.41) is 2.99. The zero-order valence-electron chi connectivity index (χ0n) is 21.0. The summed E-state index contributed by atoms with van der Waals surface area (Å²) in [6.07, 6.45) is 6.68. The van der Waals surface area contributed by atoms with Gasteiger partial charge in [-0.05, 0) is 24.1 Å². The molecule has 3 aromatic rings. The number of aryl methyl sites for hydroxylation is 1. The van der Waals surface area contributed by atoms with E-state index in [-0.39, 0.29) is 11.5 Å². The fourth-order valence-electron chi connectivity index (χ4n) is 4.54. The van der Waals surface area contributed by atoms with Crippen LogP contribution in [0.3, 0.4) is 0 Å². The molecule has 1 aromatic carbocycles. The maximum atomic E-state index is 13.2. The molecule has 0 saturated heterocycles. The molecule has 1 aliphatic rings. The first-order chi connectivity index (χ1) is 17.5. The molecule has 10 heteroatoms. The third-order valence-corrected chi connectivity index (χ3v) is 6.39. The highest BCUT2D eigenvalue weighted by Crippen LogP contribution is 2.26. The number of fused-ring (bicyclic) bond motifs is 1. The molecule has 3 heterocycles. The summed E-state index contributed by atoms with van der Waals surface area (Å²) in [6, 6.07) is 7.22. The van der Waals surface area contributed by atoms with Crippen LogP contribution in [0.4, 0.5) is 0 Å². The number of rotatable bonds is 10. The van der Waals surface area contributed by atoms with Crippen molar-refractivity contribution in [1.82, 2.24) is 24.3 Å². The first-order valence-corrected chi connectivity index (χ1v) is 12.0. The summed E-state index contributed by atoms with van der Waals surface area (Å²) in [5.41, 5.74) is 2.03. The Hall–Kier alpha value is -3.79. The minimum Gasteiger partial charge on any atom is -0.497 e. The van der Waals surface area contributed by atoms with Gasteiger partial charge in [-0.3, -0.25) is 14.5 Å². The molecule has 2 aromatic heterocycles. The van der Waals surface area contributed by atoms with Crippen molar-refractivity contribution in [3.8, 4) is 17.2 Å². The van der Waals surface area contributed by atoms with Crippen LogP contribution in [0.5, 0.6) is 17.2 Å². The van der Waals surface area contributed by atoms with E-state index >= 15 is 0 Å². The number of methoxy groups -OCH3 is 3. The number of pyridine rings is 1. The van der Waals surface area contributed by atoms with E-state index in [4.69, 9.17) is 14.2 Å². The Morgan fingerprint density at radius 3 is 2.47 bits per heavy atom. The molecule has 1 aliphatic heterocycles. The van der Waals surface area contributed by atoms with Crippen molar-refractivity contribution < 1.29 is 19.0 Å². The normalized spacial score (nSPS) is 13.5. The minimum absolute atomic E-state index is 0.164. The van der Waals surface area contributed by atoms with Gasteiger partial charge >= 0.3 is 0 Å². The molecular weight excluding hydrogens is 462 g/mol. The van der Waals surface area contributed by atoms with E-state index < -0.39 is 0 Å². The molecule has 0 radical (unpaired) electrons. The van der Waals surface area contributed by atoms with Crippen LogP contribution >= 0.6 is 0 Å². The van der Waals surface area contributed by atoms with Gasteiger partial charge in [-0.25, -0.2) is 4.98 Å². The molecule has 10 nitrogen and oxygen atoms in total. The summed E-state index contributed by atoms with van der Waals surface area (Å²) in [5.74, 6) is 1.54. The molecule has 192 valence electrons. The smallest absolute Gasteiger partial charge is 0.256 e. The van der Waals surface area contributed by atoms with E-state index in [1.807, 2.05) is 29.0 Å². The van der Waals surface area contributed by atoms with Gasteiger partial charge in [-0.2, -0.15) is 0 Å². The Morgan fingerprint density at radius 1 is 1.03 bits per heavy atom. The summed E-state index contributed by atoms with van der Waals surface area (Å²) in [6.45, 7) is 3.78. The van der Waals surface area contributed by atoms with Gasteiger partial charge in [0, 0.05) is 75.9 Å². The van der Waals surface area contributed by atoms with Gasteiger partial charge in [0.1, 0.15) is 22.8 Å². The number of ether oxygens (including phenoxy) is 3. The number of carbonyl (C=O) groups is 1. The van der Waals surface area contributed by atoms with E-state index in [2.05, 4.69) is 15.2 Å². The van der Waals surface area contributed by atoms with Gasteiger partial charge in [-0.15, -0.1) is 0 Å². The van der Waals surface area contributed by atoms with Crippen molar-refractivity contribution in [3.05, 3.63) is 70.2 Å². The molecule has 0 bridgehead atoms. The van der Waals surface area contributed by atoms with Crippen LogP contribution in [0, 0.1) is 0 Å². The summed E-state index contributed by atoms with van der Waals surface area (Å²) in [4.78, 5) is 32.4. The average molecular weight is 496 g/mol.